The fourth-order valence-corrected chi connectivity index (χ4v) is 3.26. The van der Waals surface area contributed by atoms with E-state index in [9.17, 15) is 4.79 Å². The molecule has 1 aromatic rings. The van der Waals surface area contributed by atoms with Gasteiger partial charge in [0.1, 0.15) is 0 Å². The van der Waals surface area contributed by atoms with Gasteiger partial charge in [0.15, 0.2) is 0 Å². The second-order valence-electron chi connectivity index (χ2n) is 7.80. The molecule has 128 valence electrons. The molecule has 23 heavy (non-hydrogen) atoms. The molecular formula is C20H32N2O. The van der Waals surface area contributed by atoms with Gasteiger partial charge in [-0.15, -0.1) is 0 Å². The maximum absolute atomic E-state index is 12.9. The Morgan fingerprint density at radius 3 is 2.35 bits per heavy atom. The Bertz CT molecular complexity index is 516. The Kier molecular flexibility index (Phi) is 5.51. The van der Waals surface area contributed by atoms with E-state index in [4.69, 9.17) is 0 Å². The molecule has 0 saturated carbocycles. The van der Waals surface area contributed by atoms with Crippen LogP contribution < -0.4 is 5.32 Å². The maximum atomic E-state index is 12.9. The van der Waals surface area contributed by atoms with Crippen LogP contribution in [-0.2, 0) is 10.2 Å². The highest BCUT2D eigenvalue weighted by Crippen LogP contribution is 2.28. The number of carbonyl (C=O) groups is 1. The molecule has 1 saturated heterocycles. The van der Waals surface area contributed by atoms with E-state index in [2.05, 4.69) is 31.0 Å². The van der Waals surface area contributed by atoms with E-state index < -0.39 is 5.41 Å². The zero-order chi connectivity index (χ0) is 17.1. The van der Waals surface area contributed by atoms with Crippen molar-refractivity contribution in [3.05, 3.63) is 35.9 Å². The molecule has 1 aliphatic heterocycles. The predicted octanol–water partition coefficient (Wildman–Crippen LogP) is 3.73. The molecular weight excluding hydrogens is 284 g/mol. The first-order chi connectivity index (χ1) is 10.8. The summed E-state index contributed by atoms with van der Waals surface area (Å²) in [6.45, 7) is 12.9. The van der Waals surface area contributed by atoms with Gasteiger partial charge in [0, 0.05) is 24.7 Å². The van der Waals surface area contributed by atoms with Gasteiger partial charge >= 0.3 is 0 Å². The molecule has 3 heteroatoms. The first kappa shape index (κ1) is 18.0. The minimum absolute atomic E-state index is 0.0902. The lowest BCUT2D eigenvalue weighted by Crippen LogP contribution is -2.57. The smallest absolute Gasteiger partial charge is 0.230 e. The molecule has 2 rings (SSSR count). The molecule has 0 spiro atoms. The standard InChI is InChI=1S/C20H32N2O/c1-6-16(2)22-14-12-20(5,13-15-22)21-18(23)19(3,4)17-10-8-7-9-11-17/h7-11,16H,6,12-15H2,1-5H3,(H,21,23). The maximum Gasteiger partial charge on any atom is 0.230 e. The molecule has 0 bridgehead atoms. The van der Waals surface area contributed by atoms with Crippen LogP contribution in [-0.4, -0.2) is 35.5 Å². The molecule has 1 amide bonds. The molecule has 0 radical (unpaired) electrons. The van der Waals surface area contributed by atoms with E-state index in [1.807, 2.05) is 44.2 Å². The number of carbonyl (C=O) groups excluding carboxylic acids is 1. The number of hydrogen-bond acceptors (Lipinski definition) is 2. The number of amides is 1. The first-order valence-corrected chi connectivity index (χ1v) is 8.91. The quantitative estimate of drug-likeness (QED) is 0.897. The van der Waals surface area contributed by atoms with Gasteiger partial charge in [-0.1, -0.05) is 37.3 Å². The van der Waals surface area contributed by atoms with E-state index in [0.717, 1.165) is 31.5 Å². The van der Waals surface area contributed by atoms with Gasteiger partial charge in [0.05, 0.1) is 5.41 Å². The Labute approximate surface area is 141 Å². The lowest BCUT2D eigenvalue weighted by Gasteiger charge is -2.43. The lowest BCUT2D eigenvalue weighted by atomic mass is 9.81. The number of nitrogens with zero attached hydrogens (tertiary/aromatic N) is 1. The average Bonchev–Trinajstić information content (AvgIpc) is 2.55. The number of likely N-dealkylation sites (tertiary alicyclic amines) is 1. The molecule has 1 atom stereocenters. The van der Waals surface area contributed by atoms with Crippen molar-refractivity contribution in [2.45, 2.75) is 70.9 Å². The SMILES string of the molecule is CCC(C)N1CCC(C)(NC(=O)C(C)(C)c2ccccc2)CC1. The molecule has 1 heterocycles. The first-order valence-electron chi connectivity index (χ1n) is 8.91. The Morgan fingerprint density at radius 2 is 1.83 bits per heavy atom. The molecule has 3 nitrogen and oxygen atoms in total. The summed E-state index contributed by atoms with van der Waals surface area (Å²) in [5.41, 5.74) is 0.476. The predicted molar refractivity (Wildman–Crippen MR) is 96.6 cm³/mol. The molecule has 1 fully saturated rings. The highest BCUT2D eigenvalue weighted by Gasteiger charge is 2.37. The van der Waals surface area contributed by atoms with E-state index in [0.29, 0.717) is 6.04 Å². The molecule has 1 N–H and O–H groups in total. The Balaban J connectivity index is 2.00. The minimum atomic E-state index is -0.502. The van der Waals surface area contributed by atoms with Crippen LogP contribution in [0, 0.1) is 0 Å². The lowest BCUT2D eigenvalue weighted by molar-refractivity contribution is -0.128. The van der Waals surface area contributed by atoms with E-state index in [1.54, 1.807) is 0 Å². The van der Waals surface area contributed by atoms with Crippen molar-refractivity contribution in [1.29, 1.82) is 0 Å². The van der Waals surface area contributed by atoms with Gasteiger partial charge in [-0.2, -0.15) is 0 Å². The second-order valence-corrected chi connectivity index (χ2v) is 7.80. The Morgan fingerprint density at radius 1 is 1.26 bits per heavy atom. The molecule has 1 unspecified atom stereocenters. The highest BCUT2D eigenvalue weighted by atomic mass is 16.2. The van der Waals surface area contributed by atoms with Crippen molar-refractivity contribution in [2.75, 3.05) is 13.1 Å². The zero-order valence-electron chi connectivity index (χ0n) is 15.4. The van der Waals surface area contributed by atoms with Crippen LogP contribution in [0.15, 0.2) is 30.3 Å². The van der Waals surface area contributed by atoms with Crippen molar-refractivity contribution in [3.63, 3.8) is 0 Å². The monoisotopic (exact) mass is 316 g/mol. The average molecular weight is 316 g/mol. The van der Waals surface area contributed by atoms with Crippen LogP contribution in [0.2, 0.25) is 0 Å². The molecule has 0 aromatic heterocycles. The number of nitrogens with one attached hydrogen (secondary N) is 1. The molecule has 0 aliphatic carbocycles. The van der Waals surface area contributed by atoms with Gasteiger partial charge in [0.25, 0.3) is 0 Å². The third-order valence-electron chi connectivity index (χ3n) is 5.59. The van der Waals surface area contributed by atoms with Crippen molar-refractivity contribution < 1.29 is 4.79 Å². The van der Waals surface area contributed by atoms with Gasteiger partial charge < -0.3 is 10.2 Å². The van der Waals surface area contributed by atoms with Gasteiger partial charge in [0.2, 0.25) is 5.91 Å². The van der Waals surface area contributed by atoms with Crippen molar-refractivity contribution in [2.24, 2.45) is 0 Å². The summed E-state index contributed by atoms with van der Waals surface area (Å²) in [5.74, 6) is 0.128. The van der Waals surface area contributed by atoms with Crippen LogP contribution in [0.3, 0.4) is 0 Å². The summed E-state index contributed by atoms with van der Waals surface area (Å²) >= 11 is 0. The van der Waals surface area contributed by atoms with Crippen molar-refractivity contribution in [1.82, 2.24) is 10.2 Å². The van der Waals surface area contributed by atoms with Crippen LogP contribution in [0.1, 0.15) is 59.4 Å². The summed E-state index contributed by atoms with van der Waals surface area (Å²) in [4.78, 5) is 15.4. The molecule has 1 aromatic carbocycles. The number of piperidine rings is 1. The topological polar surface area (TPSA) is 32.3 Å². The fraction of sp³-hybridized carbons (Fsp3) is 0.650. The second kappa shape index (κ2) is 7.04. The zero-order valence-corrected chi connectivity index (χ0v) is 15.4. The van der Waals surface area contributed by atoms with Crippen LogP contribution in [0.25, 0.3) is 0 Å². The van der Waals surface area contributed by atoms with Gasteiger partial charge in [-0.3, -0.25) is 4.79 Å². The summed E-state index contributed by atoms with van der Waals surface area (Å²) in [7, 11) is 0. The molecule has 1 aliphatic rings. The summed E-state index contributed by atoms with van der Waals surface area (Å²) < 4.78 is 0. The fourth-order valence-electron chi connectivity index (χ4n) is 3.26. The third kappa shape index (κ3) is 4.14. The van der Waals surface area contributed by atoms with Crippen LogP contribution in [0.4, 0.5) is 0 Å². The summed E-state index contributed by atoms with van der Waals surface area (Å²) in [6.07, 6.45) is 3.23. The van der Waals surface area contributed by atoms with Crippen LogP contribution in [0.5, 0.6) is 0 Å². The number of benzene rings is 1. The minimum Gasteiger partial charge on any atom is -0.350 e. The highest BCUT2D eigenvalue weighted by molar-refractivity contribution is 5.87. The van der Waals surface area contributed by atoms with E-state index in [-0.39, 0.29) is 11.4 Å². The Hall–Kier alpha value is -1.35. The van der Waals surface area contributed by atoms with Crippen molar-refractivity contribution >= 4 is 5.91 Å². The third-order valence-corrected chi connectivity index (χ3v) is 5.59. The summed E-state index contributed by atoms with van der Waals surface area (Å²) in [5, 5.41) is 3.35. The number of hydrogen-bond donors (Lipinski definition) is 1. The summed E-state index contributed by atoms with van der Waals surface area (Å²) in [6, 6.07) is 10.7. The normalized spacial score (nSPS) is 20.0. The van der Waals surface area contributed by atoms with Gasteiger partial charge in [-0.25, -0.2) is 0 Å². The van der Waals surface area contributed by atoms with Crippen molar-refractivity contribution in [3.8, 4) is 0 Å². The van der Waals surface area contributed by atoms with E-state index >= 15 is 0 Å². The number of rotatable bonds is 5. The van der Waals surface area contributed by atoms with E-state index in [1.165, 1.54) is 6.42 Å². The van der Waals surface area contributed by atoms with Gasteiger partial charge in [-0.05, 0) is 52.5 Å². The van der Waals surface area contributed by atoms with Crippen LogP contribution >= 0.6 is 0 Å². The largest absolute Gasteiger partial charge is 0.350 e.